The minimum Gasteiger partial charge on any atom is -0.489 e. The number of nitrogens with one attached hydrogen (secondary N) is 1. The van der Waals surface area contributed by atoms with Gasteiger partial charge >= 0.3 is 5.97 Å². The number of rotatable bonds is 6. The van der Waals surface area contributed by atoms with Crippen LogP contribution in [-0.4, -0.2) is 24.5 Å². The molecule has 1 fully saturated rings. The van der Waals surface area contributed by atoms with Crippen LogP contribution in [0.4, 0.5) is 0 Å². The lowest BCUT2D eigenvalue weighted by Crippen LogP contribution is -2.45. The fraction of sp³-hybridized carbons (Fsp3) is 0.333. The summed E-state index contributed by atoms with van der Waals surface area (Å²) < 4.78 is 10.9. The Hall–Kier alpha value is -2.82. The van der Waals surface area contributed by atoms with E-state index in [1.54, 1.807) is 6.92 Å². The van der Waals surface area contributed by atoms with Crippen molar-refractivity contribution in [2.75, 3.05) is 6.61 Å². The van der Waals surface area contributed by atoms with Crippen molar-refractivity contribution in [2.24, 2.45) is 0 Å². The standard InChI is InChI=1S/C21H23NO4/c1-3-25-20(24)19-21(2,13-18(23)22-19)16-9-11-17(12-10-16)26-14-15-7-5-4-6-8-15/h4-12,19H,3,13-14H2,1-2H3,(H,22,23). The minimum atomic E-state index is -0.675. The summed E-state index contributed by atoms with van der Waals surface area (Å²) in [6, 6.07) is 16.8. The number of hydrogen-bond donors (Lipinski definition) is 1. The fourth-order valence-electron chi connectivity index (χ4n) is 3.29. The van der Waals surface area contributed by atoms with Gasteiger partial charge in [0.1, 0.15) is 18.4 Å². The van der Waals surface area contributed by atoms with E-state index in [4.69, 9.17) is 9.47 Å². The molecule has 1 heterocycles. The summed E-state index contributed by atoms with van der Waals surface area (Å²) in [4.78, 5) is 24.2. The normalized spacial score (nSPS) is 21.9. The number of ether oxygens (including phenoxy) is 2. The van der Waals surface area contributed by atoms with Crippen LogP contribution in [0.2, 0.25) is 0 Å². The first-order valence-electron chi connectivity index (χ1n) is 8.76. The van der Waals surface area contributed by atoms with Gasteiger partial charge in [-0.3, -0.25) is 4.79 Å². The molecule has 1 N–H and O–H groups in total. The van der Waals surface area contributed by atoms with Crippen LogP contribution in [0.5, 0.6) is 5.75 Å². The molecular formula is C21H23NO4. The van der Waals surface area contributed by atoms with Gasteiger partial charge < -0.3 is 14.8 Å². The summed E-state index contributed by atoms with van der Waals surface area (Å²) in [5.74, 6) is 0.200. The van der Waals surface area contributed by atoms with Crippen molar-refractivity contribution >= 4 is 11.9 Å². The van der Waals surface area contributed by atoms with E-state index in [-0.39, 0.29) is 18.9 Å². The van der Waals surface area contributed by atoms with Crippen molar-refractivity contribution in [1.29, 1.82) is 0 Å². The minimum absolute atomic E-state index is 0.144. The van der Waals surface area contributed by atoms with Crippen LogP contribution < -0.4 is 10.1 Å². The lowest BCUT2D eigenvalue weighted by atomic mass is 9.76. The lowest BCUT2D eigenvalue weighted by Gasteiger charge is -2.29. The first-order valence-corrected chi connectivity index (χ1v) is 8.76. The van der Waals surface area contributed by atoms with E-state index in [0.29, 0.717) is 6.61 Å². The Morgan fingerprint density at radius 3 is 2.50 bits per heavy atom. The molecule has 5 heteroatoms. The van der Waals surface area contributed by atoms with Crippen molar-refractivity contribution in [3.8, 4) is 5.75 Å². The molecule has 0 aromatic heterocycles. The van der Waals surface area contributed by atoms with Crippen LogP contribution in [0.3, 0.4) is 0 Å². The number of esters is 1. The molecule has 0 saturated carbocycles. The van der Waals surface area contributed by atoms with Crippen LogP contribution in [0, 0.1) is 0 Å². The average Bonchev–Trinajstić information content (AvgIpc) is 2.97. The van der Waals surface area contributed by atoms with E-state index in [2.05, 4.69) is 5.32 Å². The molecule has 2 unspecified atom stereocenters. The highest BCUT2D eigenvalue weighted by Crippen LogP contribution is 2.37. The maximum absolute atomic E-state index is 12.2. The molecule has 2 aromatic rings. The van der Waals surface area contributed by atoms with Crippen molar-refractivity contribution in [1.82, 2.24) is 5.32 Å². The Bertz CT molecular complexity index is 772. The van der Waals surface area contributed by atoms with E-state index < -0.39 is 17.4 Å². The van der Waals surface area contributed by atoms with Crippen LogP contribution in [0.1, 0.15) is 31.4 Å². The zero-order valence-electron chi connectivity index (χ0n) is 15.0. The largest absolute Gasteiger partial charge is 0.489 e. The van der Waals surface area contributed by atoms with Gasteiger partial charge in [-0.1, -0.05) is 49.4 Å². The Labute approximate surface area is 153 Å². The topological polar surface area (TPSA) is 64.6 Å². The molecule has 1 aliphatic rings. The maximum Gasteiger partial charge on any atom is 0.329 e. The van der Waals surface area contributed by atoms with Crippen LogP contribution in [-0.2, 0) is 26.3 Å². The van der Waals surface area contributed by atoms with E-state index in [1.807, 2.05) is 61.5 Å². The second-order valence-corrected chi connectivity index (χ2v) is 6.65. The highest BCUT2D eigenvalue weighted by Gasteiger charge is 2.49. The van der Waals surface area contributed by atoms with Crippen LogP contribution in [0.15, 0.2) is 54.6 Å². The molecule has 0 aliphatic carbocycles. The SMILES string of the molecule is CCOC(=O)C1NC(=O)CC1(C)c1ccc(OCc2ccccc2)cc1. The van der Waals surface area contributed by atoms with E-state index in [9.17, 15) is 9.59 Å². The third-order valence-electron chi connectivity index (χ3n) is 4.75. The van der Waals surface area contributed by atoms with Crippen molar-refractivity contribution in [3.63, 3.8) is 0 Å². The van der Waals surface area contributed by atoms with Crippen LogP contribution in [0.25, 0.3) is 0 Å². The first-order chi connectivity index (χ1) is 12.5. The molecule has 1 saturated heterocycles. The van der Waals surface area contributed by atoms with Crippen molar-refractivity contribution in [3.05, 3.63) is 65.7 Å². The molecule has 2 aromatic carbocycles. The zero-order valence-corrected chi connectivity index (χ0v) is 15.0. The van der Waals surface area contributed by atoms with Gasteiger partial charge in [-0.15, -0.1) is 0 Å². The summed E-state index contributed by atoms with van der Waals surface area (Å²) in [5, 5.41) is 2.74. The average molecular weight is 353 g/mol. The smallest absolute Gasteiger partial charge is 0.329 e. The highest BCUT2D eigenvalue weighted by atomic mass is 16.5. The predicted molar refractivity (Wildman–Crippen MR) is 97.7 cm³/mol. The van der Waals surface area contributed by atoms with Gasteiger partial charge in [0.2, 0.25) is 5.91 Å². The van der Waals surface area contributed by atoms with E-state index in [0.717, 1.165) is 16.9 Å². The summed E-state index contributed by atoms with van der Waals surface area (Å²) in [5.41, 5.74) is 1.36. The summed E-state index contributed by atoms with van der Waals surface area (Å²) in [6.45, 7) is 4.44. The Morgan fingerprint density at radius 2 is 1.85 bits per heavy atom. The van der Waals surface area contributed by atoms with Gasteiger partial charge in [-0.05, 0) is 30.2 Å². The van der Waals surface area contributed by atoms with Gasteiger partial charge in [0.15, 0.2) is 0 Å². The molecule has 1 aliphatic heterocycles. The second kappa shape index (κ2) is 7.60. The molecule has 26 heavy (non-hydrogen) atoms. The third kappa shape index (κ3) is 3.72. The Kier molecular flexibility index (Phi) is 5.26. The highest BCUT2D eigenvalue weighted by molar-refractivity contribution is 5.91. The van der Waals surface area contributed by atoms with Crippen LogP contribution >= 0.6 is 0 Å². The number of carbonyl (C=O) groups is 2. The Balaban J connectivity index is 1.73. The second-order valence-electron chi connectivity index (χ2n) is 6.65. The third-order valence-corrected chi connectivity index (χ3v) is 4.75. The molecule has 0 bridgehead atoms. The van der Waals surface area contributed by atoms with Crippen molar-refractivity contribution < 1.29 is 19.1 Å². The fourth-order valence-corrected chi connectivity index (χ4v) is 3.29. The molecular weight excluding hydrogens is 330 g/mol. The maximum atomic E-state index is 12.2. The monoisotopic (exact) mass is 353 g/mol. The lowest BCUT2D eigenvalue weighted by molar-refractivity contribution is -0.147. The van der Waals surface area contributed by atoms with Gasteiger partial charge in [-0.2, -0.15) is 0 Å². The predicted octanol–water partition coefficient (Wildman–Crippen LogP) is 2.97. The van der Waals surface area contributed by atoms with E-state index >= 15 is 0 Å². The molecule has 0 spiro atoms. The molecule has 1 amide bonds. The molecule has 0 radical (unpaired) electrons. The molecule has 5 nitrogen and oxygen atoms in total. The van der Waals surface area contributed by atoms with Crippen molar-refractivity contribution in [2.45, 2.75) is 38.3 Å². The van der Waals surface area contributed by atoms with Gasteiger partial charge in [0.05, 0.1) is 6.61 Å². The summed E-state index contributed by atoms with van der Waals surface area (Å²) in [6.07, 6.45) is 0.251. The molecule has 2 atom stereocenters. The number of amides is 1. The van der Waals surface area contributed by atoms with Gasteiger partial charge in [0, 0.05) is 11.8 Å². The Morgan fingerprint density at radius 1 is 1.15 bits per heavy atom. The van der Waals surface area contributed by atoms with E-state index in [1.165, 1.54) is 0 Å². The number of carbonyl (C=O) groups excluding carboxylic acids is 2. The molecule has 3 rings (SSSR count). The number of hydrogen-bond acceptors (Lipinski definition) is 4. The zero-order chi connectivity index (χ0) is 18.6. The number of benzene rings is 2. The molecule has 136 valence electrons. The summed E-state index contributed by atoms with van der Waals surface area (Å²) >= 11 is 0. The van der Waals surface area contributed by atoms with Gasteiger partial charge in [-0.25, -0.2) is 4.79 Å². The quantitative estimate of drug-likeness (QED) is 0.811. The summed E-state index contributed by atoms with van der Waals surface area (Å²) in [7, 11) is 0. The first kappa shape index (κ1) is 18.0. The van der Waals surface area contributed by atoms with Gasteiger partial charge in [0.25, 0.3) is 0 Å².